The van der Waals surface area contributed by atoms with Crippen molar-refractivity contribution in [2.45, 2.75) is 26.3 Å². The summed E-state index contributed by atoms with van der Waals surface area (Å²) in [6, 6.07) is 6.03. The van der Waals surface area contributed by atoms with E-state index in [1.807, 2.05) is 39.1 Å². The normalized spacial score (nSPS) is 14.3. The number of nitrogens with two attached hydrogens (primary N) is 1. The molecule has 5 nitrogen and oxygen atoms in total. The molecule has 100 valence electrons. The molecule has 1 aromatic heterocycles. The van der Waals surface area contributed by atoms with E-state index in [4.69, 9.17) is 5.84 Å². The van der Waals surface area contributed by atoms with Gasteiger partial charge in [-0.2, -0.15) is 0 Å². The molecule has 0 radical (unpaired) electrons. The van der Waals surface area contributed by atoms with E-state index >= 15 is 0 Å². The molecule has 0 saturated heterocycles. The minimum atomic E-state index is -0.135. The van der Waals surface area contributed by atoms with Crippen LogP contribution >= 0.6 is 0 Å². The molecular formula is C13H22N4O. The lowest BCUT2D eigenvalue weighted by Crippen LogP contribution is -2.45. The maximum atomic E-state index is 11.5. The molecule has 1 rings (SSSR count). The predicted octanol–water partition coefficient (Wildman–Crippen LogP) is 0.570. The molecule has 3 N–H and O–H groups in total. The van der Waals surface area contributed by atoms with Crippen LogP contribution in [0.3, 0.4) is 0 Å². The van der Waals surface area contributed by atoms with E-state index in [0.29, 0.717) is 0 Å². The number of nitrogens with zero attached hydrogens (tertiary/aromatic N) is 2. The lowest BCUT2D eigenvalue weighted by atomic mass is 10.0. The predicted molar refractivity (Wildman–Crippen MR) is 71.5 cm³/mol. The minimum Gasteiger partial charge on any atom is -0.303 e. The Morgan fingerprint density at radius 1 is 1.50 bits per heavy atom. The van der Waals surface area contributed by atoms with Crippen molar-refractivity contribution in [2.24, 2.45) is 11.8 Å². The number of nitrogens with one attached hydrogen (secondary N) is 1. The van der Waals surface area contributed by atoms with Crippen LogP contribution in [0.2, 0.25) is 0 Å². The van der Waals surface area contributed by atoms with E-state index in [0.717, 1.165) is 18.7 Å². The number of rotatable bonds is 6. The molecule has 0 bridgehead atoms. The molecule has 0 saturated carbocycles. The van der Waals surface area contributed by atoms with Crippen LogP contribution in [-0.4, -0.2) is 35.4 Å². The summed E-state index contributed by atoms with van der Waals surface area (Å²) in [5, 5.41) is 0. The Kier molecular flexibility index (Phi) is 5.74. The average molecular weight is 250 g/mol. The van der Waals surface area contributed by atoms with Gasteiger partial charge in [-0.15, -0.1) is 0 Å². The molecule has 0 spiro atoms. The Balaban J connectivity index is 2.45. The van der Waals surface area contributed by atoms with Crippen LogP contribution in [0.4, 0.5) is 0 Å². The van der Waals surface area contributed by atoms with Crippen molar-refractivity contribution in [1.82, 2.24) is 15.3 Å². The zero-order chi connectivity index (χ0) is 13.5. The van der Waals surface area contributed by atoms with Crippen LogP contribution < -0.4 is 11.3 Å². The molecule has 18 heavy (non-hydrogen) atoms. The molecule has 0 fully saturated rings. The molecule has 0 aliphatic carbocycles. The first-order valence-corrected chi connectivity index (χ1v) is 6.17. The lowest BCUT2D eigenvalue weighted by Gasteiger charge is -2.28. The van der Waals surface area contributed by atoms with Crippen LogP contribution in [0.5, 0.6) is 0 Å². The third-order valence-electron chi connectivity index (χ3n) is 3.42. The number of pyridine rings is 1. The first-order valence-electron chi connectivity index (χ1n) is 6.17. The number of amides is 1. The Morgan fingerprint density at radius 2 is 2.22 bits per heavy atom. The van der Waals surface area contributed by atoms with Crippen molar-refractivity contribution in [3.63, 3.8) is 0 Å². The lowest BCUT2D eigenvalue weighted by molar-refractivity contribution is -0.126. The maximum absolute atomic E-state index is 11.5. The van der Waals surface area contributed by atoms with Gasteiger partial charge in [0.1, 0.15) is 0 Å². The average Bonchev–Trinajstić information content (AvgIpc) is 2.43. The largest absolute Gasteiger partial charge is 0.303 e. The summed E-state index contributed by atoms with van der Waals surface area (Å²) in [6.45, 7) is 4.77. The second-order valence-corrected chi connectivity index (χ2v) is 4.59. The fourth-order valence-electron chi connectivity index (χ4n) is 1.77. The molecule has 2 atom stereocenters. The van der Waals surface area contributed by atoms with Gasteiger partial charge in [0.05, 0.1) is 5.92 Å². The first-order chi connectivity index (χ1) is 8.56. The molecule has 5 heteroatoms. The van der Waals surface area contributed by atoms with Crippen LogP contribution in [0.15, 0.2) is 24.4 Å². The quantitative estimate of drug-likeness (QED) is 0.440. The van der Waals surface area contributed by atoms with Crippen molar-refractivity contribution < 1.29 is 4.79 Å². The number of aromatic nitrogens is 1. The zero-order valence-corrected chi connectivity index (χ0v) is 11.3. The molecule has 0 aliphatic heterocycles. The van der Waals surface area contributed by atoms with E-state index in [1.165, 1.54) is 0 Å². The summed E-state index contributed by atoms with van der Waals surface area (Å²) in [5.74, 6) is 4.88. The smallest absolute Gasteiger partial charge is 0.238 e. The third kappa shape index (κ3) is 4.09. The highest BCUT2D eigenvalue weighted by atomic mass is 16.2. The van der Waals surface area contributed by atoms with Gasteiger partial charge in [0.15, 0.2) is 0 Å². The molecule has 1 heterocycles. The van der Waals surface area contributed by atoms with Crippen molar-refractivity contribution >= 4 is 5.91 Å². The standard InChI is InChI=1S/C13H22N4O/c1-10(13(18)16-14)11(2)17(3)9-7-12-6-4-5-8-15-12/h4-6,8,10-11H,7,9,14H2,1-3H3,(H,16,18). The molecule has 1 amide bonds. The zero-order valence-electron chi connectivity index (χ0n) is 11.3. The molecule has 0 aliphatic rings. The summed E-state index contributed by atoms with van der Waals surface area (Å²) < 4.78 is 0. The Bertz CT molecular complexity index is 369. The third-order valence-corrected chi connectivity index (χ3v) is 3.42. The van der Waals surface area contributed by atoms with Gasteiger partial charge < -0.3 is 4.90 Å². The van der Waals surface area contributed by atoms with Crippen LogP contribution in [-0.2, 0) is 11.2 Å². The van der Waals surface area contributed by atoms with E-state index < -0.39 is 0 Å². The Labute approximate surface area is 108 Å². The van der Waals surface area contributed by atoms with Crippen molar-refractivity contribution in [3.05, 3.63) is 30.1 Å². The summed E-state index contributed by atoms with van der Waals surface area (Å²) in [4.78, 5) is 17.9. The molecule has 2 unspecified atom stereocenters. The number of hydrogen-bond donors (Lipinski definition) is 2. The fourth-order valence-corrected chi connectivity index (χ4v) is 1.77. The van der Waals surface area contributed by atoms with Gasteiger partial charge in [-0.3, -0.25) is 15.2 Å². The maximum Gasteiger partial charge on any atom is 0.238 e. The van der Waals surface area contributed by atoms with E-state index in [2.05, 4.69) is 15.3 Å². The number of carbonyl (C=O) groups excluding carboxylic acids is 1. The number of carbonyl (C=O) groups is 1. The topological polar surface area (TPSA) is 71.2 Å². The number of likely N-dealkylation sites (N-methyl/N-ethyl adjacent to an activating group) is 1. The van der Waals surface area contributed by atoms with E-state index in [-0.39, 0.29) is 17.9 Å². The SMILES string of the molecule is CC(C(=O)NN)C(C)N(C)CCc1ccccn1. The monoisotopic (exact) mass is 250 g/mol. The van der Waals surface area contributed by atoms with Crippen LogP contribution in [0.1, 0.15) is 19.5 Å². The summed E-state index contributed by atoms with van der Waals surface area (Å²) in [5.41, 5.74) is 3.26. The highest BCUT2D eigenvalue weighted by molar-refractivity contribution is 5.78. The number of hydrazine groups is 1. The van der Waals surface area contributed by atoms with Crippen molar-refractivity contribution in [2.75, 3.05) is 13.6 Å². The van der Waals surface area contributed by atoms with Gasteiger partial charge in [-0.05, 0) is 26.1 Å². The second-order valence-electron chi connectivity index (χ2n) is 4.59. The summed E-state index contributed by atoms with van der Waals surface area (Å²) >= 11 is 0. The van der Waals surface area contributed by atoms with Gasteiger partial charge >= 0.3 is 0 Å². The van der Waals surface area contributed by atoms with Crippen LogP contribution in [0.25, 0.3) is 0 Å². The van der Waals surface area contributed by atoms with Gasteiger partial charge in [0, 0.05) is 30.9 Å². The second kappa shape index (κ2) is 7.08. The number of hydrogen-bond acceptors (Lipinski definition) is 4. The molecule has 0 aromatic carbocycles. The van der Waals surface area contributed by atoms with Gasteiger partial charge in [0.2, 0.25) is 5.91 Å². The van der Waals surface area contributed by atoms with Crippen molar-refractivity contribution in [3.8, 4) is 0 Å². The van der Waals surface area contributed by atoms with Gasteiger partial charge in [-0.25, -0.2) is 5.84 Å². The van der Waals surface area contributed by atoms with Crippen LogP contribution in [0, 0.1) is 5.92 Å². The van der Waals surface area contributed by atoms with E-state index in [1.54, 1.807) is 6.20 Å². The highest BCUT2D eigenvalue weighted by Crippen LogP contribution is 2.10. The minimum absolute atomic E-state index is 0.132. The fraction of sp³-hybridized carbons (Fsp3) is 0.538. The highest BCUT2D eigenvalue weighted by Gasteiger charge is 2.22. The summed E-state index contributed by atoms with van der Waals surface area (Å²) in [6.07, 6.45) is 2.67. The molecule has 1 aromatic rings. The Hall–Kier alpha value is -1.46. The summed E-state index contributed by atoms with van der Waals surface area (Å²) in [7, 11) is 2.01. The molecular weight excluding hydrogens is 228 g/mol. The van der Waals surface area contributed by atoms with Gasteiger partial charge in [-0.1, -0.05) is 13.0 Å². The van der Waals surface area contributed by atoms with E-state index in [9.17, 15) is 4.79 Å². The first kappa shape index (κ1) is 14.6. The van der Waals surface area contributed by atoms with Crippen molar-refractivity contribution in [1.29, 1.82) is 0 Å². The Morgan fingerprint density at radius 3 is 2.78 bits per heavy atom. The van der Waals surface area contributed by atoms with Gasteiger partial charge in [0.25, 0.3) is 0 Å².